The third kappa shape index (κ3) is 3.43. The largest absolute Gasteiger partial charge is 0.399 e. The maximum absolute atomic E-state index is 11.2. The molecule has 1 rings (SSSR count). The first-order valence-corrected chi connectivity index (χ1v) is 6.02. The molecule has 88 valence electrons. The van der Waals surface area contributed by atoms with Crippen LogP contribution in [0.4, 0.5) is 5.69 Å². The van der Waals surface area contributed by atoms with Gasteiger partial charge in [0.2, 0.25) is 5.91 Å². The van der Waals surface area contributed by atoms with Crippen molar-refractivity contribution < 1.29 is 4.79 Å². The summed E-state index contributed by atoms with van der Waals surface area (Å²) in [5, 5.41) is 0. The van der Waals surface area contributed by atoms with E-state index < -0.39 is 0 Å². The van der Waals surface area contributed by atoms with Crippen LogP contribution in [0, 0.1) is 12.8 Å². The number of nitrogen functional groups attached to an aromatic ring is 1. The number of hydrogen-bond donors (Lipinski definition) is 3. The van der Waals surface area contributed by atoms with E-state index in [9.17, 15) is 4.79 Å². The van der Waals surface area contributed by atoms with E-state index in [0.717, 1.165) is 16.1 Å². The Morgan fingerprint density at radius 3 is 2.81 bits per heavy atom. The van der Waals surface area contributed by atoms with Crippen molar-refractivity contribution in [2.75, 3.05) is 11.5 Å². The molecule has 0 spiro atoms. The summed E-state index contributed by atoms with van der Waals surface area (Å²) in [7, 11) is 0. The van der Waals surface area contributed by atoms with Crippen LogP contribution in [-0.4, -0.2) is 11.7 Å². The number of hydrazine groups is 1. The summed E-state index contributed by atoms with van der Waals surface area (Å²) >= 11 is 1.64. The highest BCUT2D eigenvalue weighted by atomic mass is 32.2. The molecule has 5 heteroatoms. The van der Waals surface area contributed by atoms with Crippen molar-refractivity contribution in [3.63, 3.8) is 0 Å². The molecule has 0 saturated heterocycles. The first-order valence-electron chi connectivity index (χ1n) is 5.04. The van der Waals surface area contributed by atoms with Crippen LogP contribution in [0.1, 0.15) is 12.5 Å². The molecule has 16 heavy (non-hydrogen) atoms. The number of anilines is 1. The third-order valence-corrected chi connectivity index (χ3v) is 3.71. The van der Waals surface area contributed by atoms with Gasteiger partial charge in [0.15, 0.2) is 0 Å². The average molecular weight is 239 g/mol. The molecular weight excluding hydrogens is 222 g/mol. The Morgan fingerprint density at radius 1 is 1.56 bits per heavy atom. The van der Waals surface area contributed by atoms with E-state index in [2.05, 4.69) is 5.43 Å². The summed E-state index contributed by atoms with van der Waals surface area (Å²) in [5.41, 5.74) is 9.70. The van der Waals surface area contributed by atoms with Crippen molar-refractivity contribution in [1.82, 2.24) is 5.43 Å². The Morgan fingerprint density at radius 2 is 2.25 bits per heavy atom. The van der Waals surface area contributed by atoms with E-state index in [1.165, 1.54) is 0 Å². The lowest BCUT2D eigenvalue weighted by molar-refractivity contribution is -0.123. The second-order valence-electron chi connectivity index (χ2n) is 3.75. The van der Waals surface area contributed by atoms with Gasteiger partial charge in [-0.3, -0.25) is 10.2 Å². The van der Waals surface area contributed by atoms with Crippen molar-refractivity contribution >= 4 is 23.4 Å². The van der Waals surface area contributed by atoms with E-state index >= 15 is 0 Å². The number of carbonyl (C=O) groups excluding carboxylic acids is 1. The molecule has 1 aromatic carbocycles. The molecule has 0 aromatic heterocycles. The van der Waals surface area contributed by atoms with Crippen molar-refractivity contribution in [1.29, 1.82) is 0 Å². The number of benzene rings is 1. The quantitative estimate of drug-likeness (QED) is 0.243. The van der Waals surface area contributed by atoms with Crippen LogP contribution in [-0.2, 0) is 4.79 Å². The van der Waals surface area contributed by atoms with Gasteiger partial charge in [-0.05, 0) is 30.7 Å². The molecule has 0 fully saturated rings. The summed E-state index contributed by atoms with van der Waals surface area (Å²) in [6.07, 6.45) is 0. The van der Waals surface area contributed by atoms with Gasteiger partial charge in [-0.15, -0.1) is 11.8 Å². The predicted molar refractivity (Wildman–Crippen MR) is 67.8 cm³/mol. The highest BCUT2D eigenvalue weighted by Crippen LogP contribution is 2.25. The van der Waals surface area contributed by atoms with Crippen LogP contribution in [0.3, 0.4) is 0 Å². The molecule has 0 radical (unpaired) electrons. The standard InChI is InChI=1S/C11H17N3OS/c1-7-5-9(12)3-4-10(7)16-6-8(2)11(15)14-13/h3-5,8H,6,12-13H2,1-2H3,(H,14,15). The fourth-order valence-electron chi connectivity index (χ4n) is 1.27. The van der Waals surface area contributed by atoms with Crippen LogP contribution in [0.5, 0.6) is 0 Å². The molecule has 4 nitrogen and oxygen atoms in total. The van der Waals surface area contributed by atoms with Crippen molar-refractivity contribution in [2.45, 2.75) is 18.7 Å². The number of nitrogens with one attached hydrogen (secondary N) is 1. The number of aryl methyl sites for hydroxylation is 1. The highest BCUT2D eigenvalue weighted by Gasteiger charge is 2.12. The van der Waals surface area contributed by atoms with Crippen LogP contribution in [0.25, 0.3) is 0 Å². The van der Waals surface area contributed by atoms with E-state index in [1.54, 1.807) is 11.8 Å². The number of carbonyl (C=O) groups is 1. The number of rotatable bonds is 4. The number of hydrogen-bond acceptors (Lipinski definition) is 4. The lowest BCUT2D eigenvalue weighted by Crippen LogP contribution is -2.35. The molecule has 0 aliphatic rings. The summed E-state index contributed by atoms with van der Waals surface area (Å²) in [6.45, 7) is 3.86. The zero-order valence-corrected chi connectivity index (χ0v) is 10.3. The lowest BCUT2D eigenvalue weighted by atomic mass is 10.2. The van der Waals surface area contributed by atoms with Gasteiger partial charge in [-0.1, -0.05) is 6.92 Å². The Hall–Kier alpha value is -1.20. The minimum absolute atomic E-state index is 0.105. The smallest absolute Gasteiger partial charge is 0.237 e. The van der Waals surface area contributed by atoms with Crippen LogP contribution >= 0.6 is 11.8 Å². The molecule has 0 bridgehead atoms. The summed E-state index contributed by atoms with van der Waals surface area (Å²) in [4.78, 5) is 12.3. The fraction of sp³-hybridized carbons (Fsp3) is 0.364. The fourth-order valence-corrected chi connectivity index (χ4v) is 2.30. The van der Waals surface area contributed by atoms with Crippen molar-refractivity contribution in [2.24, 2.45) is 11.8 Å². The maximum atomic E-state index is 11.2. The number of thioether (sulfide) groups is 1. The Kier molecular flexibility index (Phi) is 4.64. The summed E-state index contributed by atoms with van der Waals surface area (Å²) in [5.74, 6) is 5.53. The predicted octanol–water partition coefficient (Wildman–Crippen LogP) is 1.30. The normalized spacial score (nSPS) is 12.2. The average Bonchev–Trinajstić information content (AvgIpc) is 2.26. The minimum atomic E-state index is -0.138. The second-order valence-corrected chi connectivity index (χ2v) is 4.81. The third-order valence-electron chi connectivity index (χ3n) is 2.28. The molecular formula is C11H17N3OS. The molecule has 0 aliphatic carbocycles. The van der Waals surface area contributed by atoms with Crippen molar-refractivity contribution in [3.8, 4) is 0 Å². The monoisotopic (exact) mass is 239 g/mol. The molecule has 1 aromatic rings. The molecule has 1 atom stereocenters. The van der Waals surface area contributed by atoms with Gasteiger partial charge < -0.3 is 5.73 Å². The first-order chi connectivity index (χ1) is 7.54. The van der Waals surface area contributed by atoms with Gasteiger partial charge in [0.1, 0.15) is 0 Å². The molecule has 5 N–H and O–H groups in total. The van der Waals surface area contributed by atoms with Crippen LogP contribution < -0.4 is 17.0 Å². The topological polar surface area (TPSA) is 81.1 Å². The Balaban J connectivity index is 2.58. The van der Waals surface area contributed by atoms with Crippen LogP contribution in [0.15, 0.2) is 23.1 Å². The highest BCUT2D eigenvalue weighted by molar-refractivity contribution is 7.99. The van der Waals surface area contributed by atoms with Crippen LogP contribution in [0.2, 0.25) is 0 Å². The first kappa shape index (κ1) is 12.9. The van der Waals surface area contributed by atoms with Gasteiger partial charge in [-0.2, -0.15) is 0 Å². The molecule has 1 unspecified atom stereocenters. The number of amides is 1. The van der Waals surface area contributed by atoms with E-state index in [-0.39, 0.29) is 11.8 Å². The van der Waals surface area contributed by atoms with E-state index in [0.29, 0.717) is 5.75 Å². The van der Waals surface area contributed by atoms with Gasteiger partial charge in [0.25, 0.3) is 0 Å². The zero-order chi connectivity index (χ0) is 12.1. The van der Waals surface area contributed by atoms with Crippen molar-refractivity contribution in [3.05, 3.63) is 23.8 Å². The van der Waals surface area contributed by atoms with E-state index in [4.69, 9.17) is 11.6 Å². The van der Waals surface area contributed by atoms with Gasteiger partial charge >= 0.3 is 0 Å². The van der Waals surface area contributed by atoms with E-state index in [1.807, 2.05) is 32.0 Å². The summed E-state index contributed by atoms with van der Waals surface area (Å²) < 4.78 is 0. The molecule has 0 saturated carbocycles. The Bertz CT molecular complexity index is 381. The Labute approximate surface area is 99.7 Å². The summed E-state index contributed by atoms with van der Waals surface area (Å²) in [6, 6.07) is 5.77. The van der Waals surface area contributed by atoms with Gasteiger partial charge in [0, 0.05) is 22.3 Å². The molecule has 0 aliphatic heterocycles. The number of nitrogens with two attached hydrogens (primary N) is 2. The van der Waals surface area contributed by atoms with Gasteiger partial charge in [0.05, 0.1) is 0 Å². The second kappa shape index (κ2) is 5.77. The maximum Gasteiger partial charge on any atom is 0.237 e. The minimum Gasteiger partial charge on any atom is -0.399 e. The molecule has 0 heterocycles. The lowest BCUT2D eigenvalue weighted by Gasteiger charge is -2.10. The van der Waals surface area contributed by atoms with Gasteiger partial charge in [-0.25, -0.2) is 5.84 Å². The zero-order valence-electron chi connectivity index (χ0n) is 9.49. The SMILES string of the molecule is Cc1cc(N)ccc1SCC(C)C(=O)NN. The molecule has 1 amide bonds.